The highest BCUT2D eigenvalue weighted by molar-refractivity contribution is 5.82. The van der Waals surface area contributed by atoms with Crippen LogP contribution < -0.4 is 11.1 Å². The summed E-state index contributed by atoms with van der Waals surface area (Å²) in [5, 5.41) is 3.08. The van der Waals surface area contributed by atoms with E-state index in [2.05, 4.69) is 20.2 Å². The smallest absolute Gasteiger partial charge is 0.237 e. The van der Waals surface area contributed by atoms with E-state index in [0.717, 1.165) is 32.2 Å². The van der Waals surface area contributed by atoms with E-state index in [1.807, 2.05) is 0 Å². The minimum atomic E-state index is -0.0365. The molecule has 0 unspecified atom stereocenters. The molecule has 1 aliphatic carbocycles. The Labute approximate surface area is 112 Å². The molecule has 1 aromatic rings. The van der Waals surface area contributed by atoms with Gasteiger partial charge in [0, 0.05) is 12.2 Å². The molecule has 6 heteroatoms. The third-order valence-corrected chi connectivity index (χ3v) is 3.66. The van der Waals surface area contributed by atoms with Crippen molar-refractivity contribution in [2.75, 3.05) is 12.3 Å². The highest BCUT2D eigenvalue weighted by Gasteiger charge is 2.34. The summed E-state index contributed by atoms with van der Waals surface area (Å²) in [4.78, 5) is 22.7. The van der Waals surface area contributed by atoms with Crippen LogP contribution in [0.4, 0.5) is 5.82 Å². The first-order valence-corrected chi connectivity index (χ1v) is 6.84. The summed E-state index contributed by atoms with van der Waals surface area (Å²) in [6.07, 6.45) is 5.87. The molecule has 1 aromatic heterocycles. The maximum absolute atomic E-state index is 12.1. The van der Waals surface area contributed by atoms with Crippen LogP contribution in [-0.2, 0) is 11.3 Å². The van der Waals surface area contributed by atoms with Crippen LogP contribution in [0.3, 0.4) is 0 Å². The number of nitrogens with zero attached hydrogens (tertiary/aromatic N) is 3. The first-order chi connectivity index (χ1) is 9.22. The third kappa shape index (κ3) is 3.01. The van der Waals surface area contributed by atoms with E-state index in [0.29, 0.717) is 24.2 Å². The summed E-state index contributed by atoms with van der Waals surface area (Å²) in [6.45, 7) is 1.51. The fraction of sp³-hybridized carbons (Fsp3) is 0.615. The second-order valence-electron chi connectivity index (χ2n) is 5.31. The average molecular weight is 261 g/mol. The number of nitrogens with one attached hydrogen (secondary N) is 1. The van der Waals surface area contributed by atoms with Crippen LogP contribution in [0.5, 0.6) is 0 Å². The molecular weight excluding hydrogens is 242 g/mol. The topological polar surface area (TPSA) is 84.1 Å². The number of hydrogen-bond acceptors (Lipinski definition) is 5. The lowest BCUT2D eigenvalue weighted by molar-refractivity contribution is -0.125. The molecule has 6 nitrogen and oxygen atoms in total. The van der Waals surface area contributed by atoms with Crippen LogP contribution in [0, 0.1) is 0 Å². The van der Waals surface area contributed by atoms with Gasteiger partial charge in [0.25, 0.3) is 0 Å². The van der Waals surface area contributed by atoms with Crippen LogP contribution in [0.25, 0.3) is 0 Å². The van der Waals surface area contributed by atoms with Crippen molar-refractivity contribution in [3.63, 3.8) is 0 Å². The second-order valence-corrected chi connectivity index (χ2v) is 5.31. The molecule has 2 heterocycles. The van der Waals surface area contributed by atoms with Gasteiger partial charge in [-0.15, -0.1) is 0 Å². The average Bonchev–Trinajstić information content (AvgIpc) is 3.06. The van der Waals surface area contributed by atoms with Gasteiger partial charge >= 0.3 is 0 Å². The van der Waals surface area contributed by atoms with E-state index < -0.39 is 0 Å². The first-order valence-electron chi connectivity index (χ1n) is 6.84. The van der Waals surface area contributed by atoms with E-state index in [4.69, 9.17) is 5.73 Å². The van der Waals surface area contributed by atoms with Crippen molar-refractivity contribution < 1.29 is 4.79 Å². The summed E-state index contributed by atoms with van der Waals surface area (Å²) >= 11 is 0. The Balaban J connectivity index is 1.63. The van der Waals surface area contributed by atoms with Gasteiger partial charge in [0.05, 0.1) is 12.6 Å². The first kappa shape index (κ1) is 12.3. The standard InChI is InChI=1S/C13H19N5O/c14-11-5-6-15-12(17-11)8-18-7-1-2-10(18)13(19)16-9-3-4-9/h5-6,9-10H,1-4,7-8H2,(H,16,19)(H2,14,15,17)/t10-/m1/s1. The molecule has 1 aliphatic heterocycles. The molecular formula is C13H19N5O. The fourth-order valence-electron chi connectivity index (χ4n) is 2.51. The Kier molecular flexibility index (Phi) is 3.33. The van der Waals surface area contributed by atoms with Gasteiger partial charge in [-0.3, -0.25) is 9.69 Å². The van der Waals surface area contributed by atoms with Gasteiger partial charge in [-0.05, 0) is 38.3 Å². The molecule has 1 atom stereocenters. The zero-order chi connectivity index (χ0) is 13.2. The number of nitrogen functional groups attached to an aromatic ring is 1. The van der Waals surface area contributed by atoms with E-state index in [1.165, 1.54) is 0 Å². The third-order valence-electron chi connectivity index (χ3n) is 3.66. The summed E-state index contributed by atoms with van der Waals surface area (Å²) in [6, 6.07) is 2.05. The lowest BCUT2D eigenvalue weighted by Gasteiger charge is -2.22. The molecule has 1 amide bonds. The summed E-state index contributed by atoms with van der Waals surface area (Å²) < 4.78 is 0. The number of rotatable bonds is 4. The van der Waals surface area contributed by atoms with E-state index in [1.54, 1.807) is 12.3 Å². The quantitative estimate of drug-likeness (QED) is 0.814. The van der Waals surface area contributed by atoms with Crippen molar-refractivity contribution >= 4 is 11.7 Å². The van der Waals surface area contributed by atoms with Crippen molar-refractivity contribution in [1.82, 2.24) is 20.2 Å². The van der Waals surface area contributed by atoms with Crippen molar-refractivity contribution in [3.8, 4) is 0 Å². The van der Waals surface area contributed by atoms with Crippen molar-refractivity contribution in [1.29, 1.82) is 0 Å². The number of carbonyl (C=O) groups excluding carboxylic acids is 1. The number of hydrogen-bond donors (Lipinski definition) is 2. The molecule has 3 N–H and O–H groups in total. The largest absolute Gasteiger partial charge is 0.384 e. The number of nitrogens with two attached hydrogens (primary N) is 1. The predicted molar refractivity (Wildman–Crippen MR) is 71.0 cm³/mol. The van der Waals surface area contributed by atoms with Crippen LogP contribution in [-0.4, -0.2) is 39.4 Å². The highest BCUT2D eigenvalue weighted by atomic mass is 16.2. The minimum Gasteiger partial charge on any atom is -0.384 e. The lowest BCUT2D eigenvalue weighted by atomic mass is 10.2. The zero-order valence-corrected chi connectivity index (χ0v) is 10.9. The van der Waals surface area contributed by atoms with Crippen molar-refractivity contribution in [2.45, 2.75) is 44.3 Å². The predicted octanol–water partition coefficient (Wildman–Crippen LogP) is 0.302. The molecule has 0 spiro atoms. The molecule has 0 aromatic carbocycles. The van der Waals surface area contributed by atoms with Gasteiger partial charge in [0.1, 0.15) is 11.6 Å². The number of carbonyl (C=O) groups is 1. The highest BCUT2D eigenvalue weighted by Crippen LogP contribution is 2.23. The van der Waals surface area contributed by atoms with E-state index in [-0.39, 0.29) is 11.9 Å². The SMILES string of the molecule is Nc1ccnc(CN2CCC[C@@H]2C(=O)NC2CC2)n1. The number of anilines is 1. The molecule has 3 rings (SSSR count). The summed E-state index contributed by atoms with van der Waals surface area (Å²) in [5.41, 5.74) is 5.65. The van der Waals surface area contributed by atoms with Crippen molar-refractivity contribution in [2.24, 2.45) is 0 Å². The molecule has 19 heavy (non-hydrogen) atoms. The van der Waals surface area contributed by atoms with Crippen LogP contribution in [0.2, 0.25) is 0 Å². The van der Waals surface area contributed by atoms with Crippen molar-refractivity contribution in [3.05, 3.63) is 18.1 Å². The summed E-state index contributed by atoms with van der Waals surface area (Å²) in [7, 11) is 0. The van der Waals surface area contributed by atoms with Gasteiger partial charge in [0.15, 0.2) is 0 Å². The molecule has 0 radical (unpaired) electrons. The number of aromatic nitrogens is 2. The summed E-state index contributed by atoms with van der Waals surface area (Å²) in [5.74, 6) is 1.32. The van der Waals surface area contributed by atoms with Crippen LogP contribution in [0.1, 0.15) is 31.5 Å². The molecule has 1 saturated carbocycles. The fourth-order valence-corrected chi connectivity index (χ4v) is 2.51. The number of amides is 1. The van der Waals surface area contributed by atoms with Gasteiger partial charge in [-0.25, -0.2) is 9.97 Å². The molecule has 1 saturated heterocycles. The number of likely N-dealkylation sites (tertiary alicyclic amines) is 1. The van der Waals surface area contributed by atoms with Gasteiger partial charge < -0.3 is 11.1 Å². The molecule has 102 valence electrons. The minimum absolute atomic E-state index is 0.0365. The molecule has 0 bridgehead atoms. The Morgan fingerprint density at radius 3 is 3.05 bits per heavy atom. The Morgan fingerprint density at radius 2 is 2.32 bits per heavy atom. The molecule has 2 aliphatic rings. The Bertz CT molecular complexity index is 474. The molecule has 2 fully saturated rings. The normalized spacial score (nSPS) is 23.5. The Hall–Kier alpha value is -1.69. The van der Waals surface area contributed by atoms with Gasteiger partial charge in [-0.2, -0.15) is 0 Å². The second kappa shape index (κ2) is 5.13. The lowest BCUT2D eigenvalue weighted by Crippen LogP contribution is -2.43. The maximum atomic E-state index is 12.1. The maximum Gasteiger partial charge on any atom is 0.237 e. The van der Waals surface area contributed by atoms with Crippen LogP contribution in [0.15, 0.2) is 12.3 Å². The van der Waals surface area contributed by atoms with Crippen LogP contribution >= 0.6 is 0 Å². The van der Waals surface area contributed by atoms with Gasteiger partial charge in [0.2, 0.25) is 5.91 Å². The Morgan fingerprint density at radius 1 is 1.47 bits per heavy atom. The van der Waals surface area contributed by atoms with E-state index in [9.17, 15) is 4.79 Å². The van der Waals surface area contributed by atoms with E-state index >= 15 is 0 Å². The van der Waals surface area contributed by atoms with Gasteiger partial charge in [-0.1, -0.05) is 0 Å². The zero-order valence-electron chi connectivity index (χ0n) is 10.9. The monoisotopic (exact) mass is 261 g/mol.